The van der Waals surface area contributed by atoms with Crippen LogP contribution >= 0.6 is 11.3 Å². The first-order valence-corrected chi connectivity index (χ1v) is 13.3. The highest BCUT2D eigenvalue weighted by Gasteiger charge is 2.31. The number of fused-ring (bicyclic) bond motifs is 1. The Hall–Kier alpha value is -2.34. The van der Waals surface area contributed by atoms with E-state index in [1.165, 1.54) is 35.6 Å². The summed E-state index contributed by atoms with van der Waals surface area (Å²) >= 11 is 1.50. The first kappa shape index (κ1) is 20.9. The SMILES string of the molecule is O=C(NCc1nc2ccccc2s1)c1ccc(S(=O)(=O)N[C@H]2CCS(=O)(=O)C2)cc1. The number of sulfonamides is 1. The van der Waals surface area contributed by atoms with E-state index in [0.717, 1.165) is 15.2 Å². The van der Waals surface area contributed by atoms with Crippen molar-refractivity contribution in [1.82, 2.24) is 15.0 Å². The minimum absolute atomic E-state index is 0.0190. The summed E-state index contributed by atoms with van der Waals surface area (Å²) in [5, 5.41) is 3.56. The van der Waals surface area contributed by atoms with E-state index in [2.05, 4.69) is 15.0 Å². The van der Waals surface area contributed by atoms with Gasteiger partial charge in [-0.25, -0.2) is 26.5 Å². The van der Waals surface area contributed by atoms with Crippen molar-refractivity contribution in [2.75, 3.05) is 11.5 Å². The van der Waals surface area contributed by atoms with Crippen LogP contribution in [0, 0.1) is 0 Å². The largest absolute Gasteiger partial charge is 0.346 e. The molecule has 30 heavy (non-hydrogen) atoms. The van der Waals surface area contributed by atoms with Crippen molar-refractivity contribution in [2.24, 2.45) is 0 Å². The highest BCUT2D eigenvalue weighted by atomic mass is 32.2. The zero-order valence-corrected chi connectivity index (χ0v) is 18.2. The summed E-state index contributed by atoms with van der Waals surface area (Å²) in [6.07, 6.45) is 0.258. The molecule has 4 rings (SSSR count). The molecule has 1 saturated heterocycles. The summed E-state index contributed by atoms with van der Waals surface area (Å²) in [4.78, 5) is 16.8. The number of para-hydroxylation sites is 1. The second kappa shape index (κ2) is 8.06. The number of hydrogen-bond acceptors (Lipinski definition) is 7. The number of benzene rings is 2. The summed E-state index contributed by atoms with van der Waals surface area (Å²) in [6.45, 7) is 0.274. The van der Waals surface area contributed by atoms with E-state index in [0.29, 0.717) is 5.56 Å². The van der Waals surface area contributed by atoms with Crippen LogP contribution < -0.4 is 10.0 Å². The molecular weight excluding hydrogens is 446 g/mol. The predicted molar refractivity (Wildman–Crippen MR) is 115 cm³/mol. The van der Waals surface area contributed by atoms with Crippen LogP contribution in [0.2, 0.25) is 0 Å². The van der Waals surface area contributed by atoms with E-state index in [-0.39, 0.29) is 35.3 Å². The van der Waals surface area contributed by atoms with E-state index in [1.807, 2.05) is 24.3 Å². The zero-order valence-electron chi connectivity index (χ0n) is 15.7. The maximum absolute atomic E-state index is 12.5. The third-order valence-electron chi connectivity index (χ3n) is 4.72. The lowest BCUT2D eigenvalue weighted by Crippen LogP contribution is -2.35. The van der Waals surface area contributed by atoms with Gasteiger partial charge >= 0.3 is 0 Å². The summed E-state index contributed by atoms with van der Waals surface area (Å²) in [5.41, 5.74) is 1.20. The highest BCUT2D eigenvalue weighted by Crippen LogP contribution is 2.21. The van der Waals surface area contributed by atoms with Gasteiger partial charge < -0.3 is 5.32 Å². The van der Waals surface area contributed by atoms with Gasteiger partial charge in [0.05, 0.1) is 33.2 Å². The van der Waals surface area contributed by atoms with Crippen molar-refractivity contribution < 1.29 is 21.6 Å². The van der Waals surface area contributed by atoms with Gasteiger partial charge in [-0.1, -0.05) is 12.1 Å². The Kier molecular flexibility index (Phi) is 5.62. The van der Waals surface area contributed by atoms with Gasteiger partial charge in [-0.3, -0.25) is 4.79 Å². The number of thiazole rings is 1. The molecule has 1 aromatic heterocycles. The molecule has 0 spiro atoms. The van der Waals surface area contributed by atoms with Crippen molar-refractivity contribution >= 4 is 47.3 Å². The molecule has 3 aromatic rings. The number of rotatable bonds is 6. The van der Waals surface area contributed by atoms with Gasteiger partial charge in [0, 0.05) is 11.6 Å². The molecule has 11 heteroatoms. The lowest BCUT2D eigenvalue weighted by molar-refractivity contribution is 0.0950. The van der Waals surface area contributed by atoms with Crippen molar-refractivity contribution in [2.45, 2.75) is 23.9 Å². The lowest BCUT2D eigenvalue weighted by Gasteiger charge is -2.12. The van der Waals surface area contributed by atoms with Gasteiger partial charge in [-0.2, -0.15) is 0 Å². The number of sulfone groups is 1. The highest BCUT2D eigenvalue weighted by molar-refractivity contribution is 7.92. The van der Waals surface area contributed by atoms with Crippen LogP contribution in [-0.2, 0) is 26.4 Å². The number of carbonyl (C=O) groups excluding carboxylic acids is 1. The molecule has 1 fully saturated rings. The van der Waals surface area contributed by atoms with Gasteiger partial charge in [0.25, 0.3) is 5.91 Å². The Morgan fingerprint density at radius 3 is 2.53 bits per heavy atom. The Morgan fingerprint density at radius 1 is 1.13 bits per heavy atom. The van der Waals surface area contributed by atoms with Gasteiger partial charge in [0.2, 0.25) is 10.0 Å². The van der Waals surface area contributed by atoms with Crippen LogP contribution in [0.4, 0.5) is 0 Å². The van der Waals surface area contributed by atoms with Crippen LogP contribution in [0.1, 0.15) is 21.8 Å². The molecule has 1 aliphatic heterocycles. The molecule has 0 saturated carbocycles. The molecule has 1 aliphatic rings. The van der Waals surface area contributed by atoms with Crippen LogP contribution in [0.15, 0.2) is 53.4 Å². The second-order valence-corrected chi connectivity index (χ2v) is 12.1. The van der Waals surface area contributed by atoms with Crippen LogP contribution in [0.25, 0.3) is 10.2 Å². The van der Waals surface area contributed by atoms with E-state index in [9.17, 15) is 21.6 Å². The topological polar surface area (TPSA) is 122 Å². The van der Waals surface area contributed by atoms with E-state index in [4.69, 9.17) is 0 Å². The Balaban J connectivity index is 1.39. The number of nitrogens with zero attached hydrogens (tertiary/aromatic N) is 1. The van der Waals surface area contributed by atoms with Crippen molar-refractivity contribution in [3.8, 4) is 0 Å². The summed E-state index contributed by atoms with van der Waals surface area (Å²) in [6, 6.07) is 12.6. The Labute approximate surface area is 178 Å². The zero-order chi connectivity index (χ0) is 21.4. The molecule has 158 valence electrons. The fraction of sp³-hybridized carbons (Fsp3) is 0.263. The molecule has 8 nitrogen and oxygen atoms in total. The maximum atomic E-state index is 12.5. The summed E-state index contributed by atoms with van der Waals surface area (Å²) in [7, 11) is -7.05. The minimum Gasteiger partial charge on any atom is -0.346 e. The van der Waals surface area contributed by atoms with Gasteiger partial charge in [0.15, 0.2) is 9.84 Å². The first-order chi connectivity index (χ1) is 14.2. The lowest BCUT2D eigenvalue weighted by atomic mass is 10.2. The van der Waals surface area contributed by atoms with E-state index < -0.39 is 25.9 Å². The molecule has 0 radical (unpaired) electrons. The molecule has 2 N–H and O–H groups in total. The van der Waals surface area contributed by atoms with E-state index >= 15 is 0 Å². The van der Waals surface area contributed by atoms with Crippen LogP contribution in [0.3, 0.4) is 0 Å². The van der Waals surface area contributed by atoms with Gasteiger partial charge in [0.1, 0.15) is 5.01 Å². The Morgan fingerprint density at radius 2 is 1.87 bits per heavy atom. The predicted octanol–water partition coefficient (Wildman–Crippen LogP) is 1.69. The molecular formula is C19H19N3O5S3. The number of amides is 1. The molecule has 0 aliphatic carbocycles. The van der Waals surface area contributed by atoms with E-state index in [1.54, 1.807) is 0 Å². The van der Waals surface area contributed by atoms with Crippen molar-refractivity contribution in [3.05, 3.63) is 59.1 Å². The fourth-order valence-electron chi connectivity index (χ4n) is 3.21. The summed E-state index contributed by atoms with van der Waals surface area (Å²) in [5.74, 6) is -0.556. The van der Waals surface area contributed by atoms with Gasteiger partial charge in [-0.15, -0.1) is 11.3 Å². The van der Waals surface area contributed by atoms with Crippen LogP contribution in [0.5, 0.6) is 0 Å². The average molecular weight is 466 g/mol. The normalized spacial score (nSPS) is 18.5. The molecule has 0 unspecified atom stereocenters. The number of aromatic nitrogens is 1. The van der Waals surface area contributed by atoms with Crippen molar-refractivity contribution in [1.29, 1.82) is 0 Å². The maximum Gasteiger partial charge on any atom is 0.251 e. The molecule has 1 atom stereocenters. The average Bonchev–Trinajstić information content (AvgIpc) is 3.27. The molecule has 2 heterocycles. The number of hydrogen-bond donors (Lipinski definition) is 2. The summed E-state index contributed by atoms with van der Waals surface area (Å²) < 4.78 is 51.4. The quantitative estimate of drug-likeness (QED) is 0.571. The van der Waals surface area contributed by atoms with Gasteiger partial charge in [-0.05, 0) is 42.8 Å². The monoisotopic (exact) mass is 465 g/mol. The smallest absolute Gasteiger partial charge is 0.251 e. The number of carbonyl (C=O) groups is 1. The Bertz CT molecular complexity index is 1270. The number of nitrogens with one attached hydrogen (secondary N) is 2. The van der Waals surface area contributed by atoms with Crippen molar-refractivity contribution in [3.63, 3.8) is 0 Å². The standard InChI is InChI=1S/C19H19N3O5S3/c23-19(20-11-18-21-16-3-1-2-4-17(16)28-18)13-5-7-15(8-6-13)30(26,27)22-14-9-10-29(24,25)12-14/h1-8,14,22H,9-12H2,(H,20,23)/t14-/m0/s1. The second-order valence-electron chi connectivity index (χ2n) is 7.00. The third-order valence-corrected chi connectivity index (χ3v) is 9.06. The molecule has 0 bridgehead atoms. The van der Waals surface area contributed by atoms with Crippen LogP contribution in [-0.4, -0.2) is 45.3 Å². The first-order valence-electron chi connectivity index (χ1n) is 9.17. The third kappa shape index (κ3) is 4.69. The fourth-order valence-corrected chi connectivity index (χ4v) is 7.17. The minimum atomic E-state index is -3.86. The molecule has 2 aromatic carbocycles. The molecule has 1 amide bonds.